The first-order chi connectivity index (χ1) is 7.72. The van der Waals surface area contributed by atoms with Crippen LogP contribution in [0.4, 0.5) is 8.78 Å². The minimum Gasteiger partial charge on any atom is -0.346 e. The molecule has 0 bridgehead atoms. The molecule has 0 spiro atoms. The highest BCUT2D eigenvalue weighted by molar-refractivity contribution is 5.94. The highest BCUT2D eigenvalue weighted by Gasteiger charge is 2.25. The number of halogens is 2. The van der Waals surface area contributed by atoms with Crippen LogP contribution in [0.5, 0.6) is 0 Å². The lowest BCUT2D eigenvalue weighted by Crippen LogP contribution is -2.54. The molecule has 1 atom stereocenters. The average molecular weight is 242 g/mol. The van der Waals surface area contributed by atoms with Crippen molar-refractivity contribution in [3.05, 3.63) is 35.4 Å². The number of hydrogen-bond donors (Lipinski definition) is 2. The fourth-order valence-corrected chi connectivity index (χ4v) is 1.16. The Morgan fingerprint density at radius 1 is 1.29 bits per heavy atom. The molecule has 0 fully saturated rings. The fourth-order valence-electron chi connectivity index (χ4n) is 1.16. The van der Waals surface area contributed by atoms with Crippen LogP contribution in [0.25, 0.3) is 0 Å². The van der Waals surface area contributed by atoms with E-state index in [4.69, 9.17) is 5.73 Å². The van der Waals surface area contributed by atoms with Crippen molar-refractivity contribution in [3.63, 3.8) is 0 Å². The maximum absolute atomic E-state index is 12.9. The van der Waals surface area contributed by atoms with Gasteiger partial charge in [0, 0.05) is 23.2 Å². The number of amides is 1. The van der Waals surface area contributed by atoms with Crippen molar-refractivity contribution in [2.24, 2.45) is 5.73 Å². The second kappa shape index (κ2) is 4.79. The van der Waals surface area contributed by atoms with Crippen LogP contribution >= 0.6 is 0 Å². The van der Waals surface area contributed by atoms with Crippen molar-refractivity contribution in [2.45, 2.75) is 32.4 Å². The predicted molar refractivity (Wildman–Crippen MR) is 61.6 cm³/mol. The lowest BCUT2D eigenvalue weighted by Gasteiger charge is -2.30. The summed E-state index contributed by atoms with van der Waals surface area (Å²) in [4.78, 5) is 11.8. The molecule has 3 N–H and O–H groups in total. The monoisotopic (exact) mass is 242 g/mol. The highest BCUT2D eigenvalue weighted by atomic mass is 19.1. The molecule has 1 aromatic rings. The summed E-state index contributed by atoms with van der Waals surface area (Å²) in [6.07, 6.45) is 0. The van der Waals surface area contributed by atoms with Crippen molar-refractivity contribution < 1.29 is 13.6 Å². The van der Waals surface area contributed by atoms with Crippen molar-refractivity contribution in [1.29, 1.82) is 0 Å². The van der Waals surface area contributed by atoms with Gasteiger partial charge in [-0.3, -0.25) is 4.79 Å². The zero-order valence-corrected chi connectivity index (χ0v) is 10.1. The molecular formula is C12H16F2N2O. The second-order valence-corrected chi connectivity index (χ2v) is 4.62. The summed E-state index contributed by atoms with van der Waals surface area (Å²) in [5.41, 5.74) is 4.98. The van der Waals surface area contributed by atoms with Gasteiger partial charge in [-0.15, -0.1) is 0 Å². The summed E-state index contributed by atoms with van der Waals surface area (Å²) in [5.74, 6) is -2.12. The van der Waals surface area contributed by atoms with Gasteiger partial charge >= 0.3 is 0 Å². The van der Waals surface area contributed by atoms with Crippen LogP contribution in [0.3, 0.4) is 0 Å². The Hall–Kier alpha value is -1.49. The van der Waals surface area contributed by atoms with Gasteiger partial charge in [0.15, 0.2) is 0 Å². The minimum atomic E-state index is -0.784. The number of benzene rings is 1. The van der Waals surface area contributed by atoms with Crippen molar-refractivity contribution in [3.8, 4) is 0 Å². The maximum atomic E-state index is 12.9. The number of nitrogens with two attached hydrogens (primary N) is 1. The van der Waals surface area contributed by atoms with E-state index in [1.165, 1.54) is 0 Å². The standard InChI is InChI=1S/C12H16F2N2O/c1-7(15)12(2,3)16-11(17)8-4-9(13)6-10(14)5-8/h4-7H,15H2,1-3H3,(H,16,17). The molecule has 0 radical (unpaired) electrons. The van der Waals surface area contributed by atoms with Crippen LogP contribution < -0.4 is 11.1 Å². The van der Waals surface area contributed by atoms with Crippen LogP contribution in [0.15, 0.2) is 18.2 Å². The van der Waals surface area contributed by atoms with Crippen LogP contribution in [0.1, 0.15) is 31.1 Å². The number of carbonyl (C=O) groups excluding carboxylic acids is 1. The van der Waals surface area contributed by atoms with Crippen LogP contribution in [0, 0.1) is 11.6 Å². The van der Waals surface area contributed by atoms with Crippen LogP contribution in [0.2, 0.25) is 0 Å². The smallest absolute Gasteiger partial charge is 0.251 e. The van der Waals surface area contributed by atoms with Gasteiger partial charge in [-0.2, -0.15) is 0 Å². The molecule has 0 aliphatic heterocycles. The van der Waals surface area contributed by atoms with Gasteiger partial charge in [-0.05, 0) is 32.9 Å². The Balaban J connectivity index is 2.91. The molecule has 0 heterocycles. The van der Waals surface area contributed by atoms with E-state index >= 15 is 0 Å². The average Bonchev–Trinajstić information content (AvgIpc) is 2.15. The number of nitrogens with one attached hydrogen (secondary N) is 1. The van der Waals surface area contributed by atoms with E-state index in [0.717, 1.165) is 12.1 Å². The second-order valence-electron chi connectivity index (χ2n) is 4.62. The third-order valence-corrected chi connectivity index (χ3v) is 2.70. The van der Waals surface area contributed by atoms with Crippen molar-refractivity contribution in [1.82, 2.24) is 5.32 Å². The molecule has 3 nitrogen and oxygen atoms in total. The molecular weight excluding hydrogens is 226 g/mol. The van der Waals surface area contributed by atoms with Gasteiger partial charge in [0.2, 0.25) is 0 Å². The fraction of sp³-hybridized carbons (Fsp3) is 0.417. The molecule has 1 rings (SSSR count). The predicted octanol–water partition coefficient (Wildman–Crippen LogP) is 1.82. The summed E-state index contributed by atoms with van der Waals surface area (Å²) in [6.45, 7) is 5.23. The van der Waals surface area contributed by atoms with E-state index in [1.54, 1.807) is 20.8 Å². The summed E-state index contributed by atoms with van der Waals surface area (Å²) in [6, 6.07) is 2.39. The van der Waals surface area contributed by atoms with Gasteiger partial charge in [0.1, 0.15) is 11.6 Å². The normalized spacial score (nSPS) is 13.3. The first kappa shape index (κ1) is 13.6. The SMILES string of the molecule is CC(N)C(C)(C)NC(=O)c1cc(F)cc(F)c1. The lowest BCUT2D eigenvalue weighted by atomic mass is 9.96. The van der Waals surface area contributed by atoms with Gasteiger partial charge in [-0.1, -0.05) is 0 Å². The Bertz CT molecular complexity index is 410. The quantitative estimate of drug-likeness (QED) is 0.849. The summed E-state index contributed by atoms with van der Waals surface area (Å²) in [5, 5.41) is 2.63. The number of hydrogen-bond acceptors (Lipinski definition) is 2. The molecule has 0 aromatic heterocycles. The lowest BCUT2D eigenvalue weighted by molar-refractivity contribution is 0.0902. The highest BCUT2D eigenvalue weighted by Crippen LogP contribution is 2.11. The molecule has 0 aliphatic rings. The Kier molecular flexibility index (Phi) is 3.83. The van der Waals surface area contributed by atoms with Gasteiger partial charge in [0.25, 0.3) is 5.91 Å². The summed E-state index contributed by atoms with van der Waals surface area (Å²) >= 11 is 0. The van der Waals surface area contributed by atoms with Crippen molar-refractivity contribution in [2.75, 3.05) is 0 Å². The Morgan fingerprint density at radius 2 is 1.76 bits per heavy atom. The van der Waals surface area contributed by atoms with Gasteiger partial charge in [0.05, 0.1) is 0 Å². The van der Waals surface area contributed by atoms with Gasteiger partial charge in [-0.25, -0.2) is 8.78 Å². The van der Waals surface area contributed by atoms with E-state index in [1.807, 2.05) is 0 Å². The van der Waals surface area contributed by atoms with E-state index < -0.39 is 23.1 Å². The largest absolute Gasteiger partial charge is 0.346 e. The van der Waals surface area contributed by atoms with Crippen LogP contribution in [-0.4, -0.2) is 17.5 Å². The zero-order chi connectivity index (χ0) is 13.2. The first-order valence-corrected chi connectivity index (χ1v) is 5.26. The molecule has 1 unspecified atom stereocenters. The van der Waals surface area contributed by atoms with Crippen LogP contribution in [-0.2, 0) is 0 Å². The molecule has 0 aliphatic carbocycles. The van der Waals surface area contributed by atoms with Crippen molar-refractivity contribution >= 4 is 5.91 Å². The number of rotatable bonds is 3. The molecule has 0 saturated heterocycles. The number of carbonyl (C=O) groups is 1. The van der Waals surface area contributed by atoms with E-state index in [9.17, 15) is 13.6 Å². The topological polar surface area (TPSA) is 55.1 Å². The minimum absolute atomic E-state index is 0.0591. The Labute approximate surface area is 99.0 Å². The third-order valence-electron chi connectivity index (χ3n) is 2.70. The third kappa shape index (κ3) is 3.49. The molecule has 5 heteroatoms. The molecule has 1 aromatic carbocycles. The molecule has 0 saturated carbocycles. The molecule has 17 heavy (non-hydrogen) atoms. The Morgan fingerprint density at radius 3 is 2.18 bits per heavy atom. The maximum Gasteiger partial charge on any atom is 0.251 e. The molecule has 94 valence electrons. The zero-order valence-electron chi connectivity index (χ0n) is 10.1. The van der Waals surface area contributed by atoms with E-state index in [2.05, 4.69) is 5.32 Å². The van der Waals surface area contributed by atoms with Gasteiger partial charge < -0.3 is 11.1 Å². The molecule has 1 amide bonds. The van der Waals surface area contributed by atoms with E-state index in [-0.39, 0.29) is 11.6 Å². The summed E-state index contributed by atoms with van der Waals surface area (Å²) < 4.78 is 25.9. The summed E-state index contributed by atoms with van der Waals surface area (Å²) in [7, 11) is 0. The first-order valence-electron chi connectivity index (χ1n) is 5.26. The van der Waals surface area contributed by atoms with E-state index in [0.29, 0.717) is 6.07 Å².